The van der Waals surface area contributed by atoms with Crippen molar-refractivity contribution in [3.05, 3.63) is 47.6 Å². The molecule has 0 unspecified atom stereocenters. The predicted molar refractivity (Wildman–Crippen MR) is 81.2 cm³/mol. The first-order valence-electron chi connectivity index (χ1n) is 6.62. The molecule has 106 valence electrons. The number of benzene rings is 1. The first kappa shape index (κ1) is 14.8. The van der Waals surface area contributed by atoms with E-state index in [1.165, 1.54) is 0 Å². The van der Waals surface area contributed by atoms with Gasteiger partial charge in [0, 0.05) is 6.08 Å². The standard InChI is InChI=1S/C15H17N3O.ClH/c16-15(10-4-5-11-15)14-17-13(19-18-14)9-8-12-6-2-1-3-7-12;/h1-3,6-9H,4-5,10-11,16H2;1H/b9-8+;. The lowest BCUT2D eigenvalue weighted by molar-refractivity contribution is 0.364. The van der Waals surface area contributed by atoms with Crippen LogP contribution in [0, 0.1) is 0 Å². The smallest absolute Gasteiger partial charge is 0.250 e. The Hall–Kier alpha value is -1.65. The first-order valence-corrected chi connectivity index (χ1v) is 6.62. The zero-order chi connectivity index (χ0) is 13.1. The van der Waals surface area contributed by atoms with Crippen molar-refractivity contribution in [2.75, 3.05) is 0 Å². The fourth-order valence-electron chi connectivity index (χ4n) is 2.47. The Kier molecular flexibility index (Phi) is 4.57. The van der Waals surface area contributed by atoms with E-state index in [-0.39, 0.29) is 17.9 Å². The van der Waals surface area contributed by atoms with Crippen molar-refractivity contribution in [2.45, 2.75) is 31.2 Å². The fourth-order valence-corrected chi connectivity index (χ4v) is 2.47. The van der Waals surface area contributed by atoms with Crippen LogP contribution in [-0.2, 0) is 5.54 Å². The minimum absolute atomic E-state index is 0. The van der Waals surface area contributed by atoms with E-state index < -0.39 is 0 Å². The van der Waals surface area contributed by atoms with Crippen molar-refractivity contribution in [3.8, 4) is 0 Å². The van der Waals surface area contributed by atoms with E-state index in [0.717, 1.165) is 31.2 Å². The highest BCUT2D eigenvalue weighted by Gasteiger charge is 2.35. The van der Waals surface area contributed by atoms with Crippen molar-refractivity contribution in [2.24, 2.45) is 5.73 Å². The second-order valence-electron chi connectivity index (χ2n) is 5.06. The van der Waals surface area contributed by atoms with Crippen molar-refractivity contribution < 1.29 is 4.52 Å². The maximum absolute atomic E-state index is 6.29. The monoisotopic (exact) mass is 291 g/mol. The Bertz CT molecular complexity index is 574. The summed E-state index contributed by atoms with van der Waals surface area (Å²) in [5.74, 6) is 1.15. The lowest BCUT2D eigenvalue weighted by atomic mass is 9.99. The van der Waals surface area contributed by atoms with Crippen LogP contribution in [0.3, 0.4) is 0 Å². The van der Waals surface area contributed by atoms with Gasteiger partial charge in [-0.15, -0.1) is 12.4 Å². The summed E-state index contributed by atoms with van der Waals surface area (Å²) in [6, 6.07) is 10.0. The van der Waals surface area contributed by atoms with Gasteiger partial charge >= 0.3 is 0 Å². The normalized spacial score (nSPS) is 17.2. The second-order valence-corrected chi connectivity index (χ2v) is 5.06. The number of rotatable bonds is 3. The molecule has 0 amide bonds. The van der Waals surface area contributed by atoms with Gasteiger partial charge in [0.25, 0.3) is 5.89 Å². The Morgan fingerprint density at radius 3 is 2.50 bits per heavy atom. The van der Waals surface area contributed by atoms with Crippen molar-refractivity contribution >= 4 is 24.6 Å². The number of halogens is 1. The molecule has 5 heteroatoms. The highest BCUT2D eigenvalue weighted by atomic mass is 35.5. The van der Waals surface area contributed by atoms with Crippen LogP contribution in [0.5, 0.6) is 0 Å². The molecule has 1 aliphatic rings. The first-order chi connectivity index (χ1) is 9.26. The third kappa shape index (κ3) is 3.08. The van der Waals surface area contributed by atoms with Crippen LogP contribution in [0.15, 0.2) is 34.9 Å². The molecule has 4 nitrogen and oxygen atoms in total. The van der Waals surface area contributed by atoms with E-state index in [9.17, 15) is 0 Å². The van der Waals surface area contributed by atoms with Gasteiger partial charge in [0.15, 0.2) is 5.82 Å². The Morgan fingerprint density at radius 1 is 1.10 bits per heavy atom. The van der Waals surface area contributed by atoms with Crippen LogP contribution in [0.4, 0.5) is 0 Å². The minimum atomic E-state index is -0.387. The van der Waals surface area contributed by atoms with Gasteiger partial charge in [-0.05, 0) is 24.5 Å². The number of aromatic nitrogens is 2. The fraction of sp³-hybridized carbons (Fsp3) is 0.333. The largest absolute Gasteiger partial charge is 0.335 e. The predicted octanol–water partition coefficient (Wildman–Crippen LogP) is 3.39. The number of hydrogen-bond acceptors (Lipinski definition) is 4. The molecular weight excluding hydrogens is 274 g/mol. The summed E-state index contributed by atoms with van der Waals surface area (Å²) in [7, 11) is 0. The van der Waals surface area contributed by atoms with Crippen LogP contribution in [-0.4, -0.2) is 10.1 Å². The van der Waals surface area contributed by atoms with Gasteiger partial charge in [0.05, 0.1) is 5.54 Å². The van der Waals surface area contributed by atoms with Gasteiger partial charge in [0.1, 0.15) is 0 Å². The van der Waals surface area contributed by atoms with E-state index in [0.29, 0.717) is 11.7 Å². The zero-order valence-electron chi connectivity index (χ0n) is 11.2. The van der Waals surface area contributed by atoms with E-state index in [1.807, 2.05) is 42.5 Å². The Labute approximate surface area is 124 Å². The third-order valence-electron chi connectivity index (χ3n) is 3.60. The van der Waals surface area contributed by atoms with E-state index in [4.69, 9.17) is 10.3 Å². The summed E-state index contributed by atoms with van der Waals surface area (Å²) in [4.78, 5) is 4.39. The molecule has 2 N–H and O–H groups in total. The maximum atomic E-state index is 6.29. The molecule has 0 aliphatic heterocycles. The number of nitrogens with two attached hydrogens (primary N) is 1. The third-order valence-corrected chi connectivity index (χ3v) is 3.60. The second kappa shape index (κ2) is 6.20. The number of nitrogens with zero attached hydrogens (tertiary/aromatic N) is 2. The summed E-state index contributed by atoms with van der Waals surface area (Å²) < 4.78 is 5.24. The lowest BCUT2D eigenvalue weighted by Crippen LogP contribution is -2.34. The van der Waals surface area contributed by atoms with Crippen LogP contribution in [0.25, 0.3) is 12.2 Å². The highest BCUT2D eigenvalue weighted by molar-refractivity contribution is 5.85. The van der Waals surface area contributed by atoms with E-state index in [1.54, 1.807) is 0 Å². The topological polar surface area (TPSA) is 64.9 Å². The van der Waals surface area contributed by atoms with Gasteiger partial charge in [-0.25, -0.2) is 0 Å². The van der Waals surface area contributed by atoms with Gasteiger partial charge in [-0.1, -0.05) is 48.3 Å². The van der Waals surface area contributed by atoms with Crippen LogP contribution >= 0.6 is 12.4 Å². The van der Waals surface area contributed by atoms with E-state index >= 15 is 0 Å². The van der Waals surface area contributed by atoms with Gasteiger partial charge in [-0.3, -0.25) is 0 Å². The molecule has 0 bridgehead atoms. The van der Waals surface area contributed by atoms with Gasteiger partial charge in [0.2, 0.25) is 0 Å². The van der Waals surface area contributed by atoms with Crippen LogP contribution < -0.4 is 5.73 Å². The molecule has 1 aromatic carbocycles. The minimum Gasteiger partial charge on any atom is -0.335 e. The molecule has 20 heavy (non-hydrogen) atoms. The summed E-state index contributed by atoms with van der Waals surface area (Å²) in [5, 5.41) is 4.02. The van der Waals surface area contributed by atoms with Crippen molar-refractivity contribution in [3.63, 3.8) is 0 Å². The van der Waals surface area contributed by atoms with E-state index in [2.05, 4.69) is 10.1 Å². The molecule has 0 spiro atoms. The lowest BCUT2D eigenvalue weighted by Gasteiger charge is -2.17. The van der Waals surface area contributed by atoms with Crippen LogP contribution in [0.2, 0.25) is 0 Å². The Balaban J connectivity index is 0.00000147. The van der Waals surface area contributed by atoms with Crippen molar-refractivity contribution in [1.82, 2.24) is 10.1 Å². The van der Waals surface area contributed by atoms with Gasteiger partial charge < -0.3 is 10.3 Å². The molecule has 2 aromatic rings. The molecule has 0 saturated heterocycles. The Morgan fingerprint density at radius 2 is 1.80 bits per heavy atom. The van der Waals surface area contributed by atoms with Crippen molar-refractivity contribution in [1.29, 1.82) is 0 Å². The molecule has 1 fully saturated rings. The highest BCUT2D eigenvalue weighted by Crippen LogP contribution is 2.34. The molecule has 1 aromatic heterocycles. The molecule has 1 saturated carbocycles. The maximum Gasteiger partial charge on any atom is 0.250 e. The summed E-state index contributed by atoms with van der Waals surface area (Å²) in [6.45, 7) is 0. The quantitative estimate of drug-likeness (QED) is 0.941. The summed E-state index contributed by atoms with van der Waals surface area (Å²) in [6.07, 6.45) is 7.93. The molecule has 3 rings (SSSR count). The SMILES string of the molecule is Cl.NC1(c2noc(/C=C/c3ccccc3)n2)CCCC1. The summed E-state index contributed by atoms with van der Waals surface area (Å²) in [5.41, 5.74) is 7.01. The zero-order valence-corrected chi connectivity index (χ0v) is 12.0. The molecule has 0 radical (unpaired) electrons. The molecule has 1 aliphatic carbocycles. The molecular formula is C15H18ClN3O. The number of hydrogen-bond donors (Lipinski definition) is 1. The average molecular weight is 292 g/mol. The van der Waals surface area contributed by atoms with Gasteiger partial charge in [-0.2, -0.15) is 4.98 Å². The average Bonchev–Trinajstić information content (AvgIpc) is 3.07. The summed E-state index contributed by atoms with van der Waals surface area (Å²) >= 11 is 0. The molecule has 1 heterocycles. The molecule has 0 atom stereocenters. The van der Waals surface area contributed by atoms with Crippen LogP contribution in [0.1, 0.15) is 43.0 Å².